The summed E-state index contributed by atoms with van der Waals surface area (Å²) < 4.78 is 32.7. The summed E-state index contributed by atoms with van der Waals surface area (Å²) in [5.41, 5.74) is 5.34. The third-order valence-corrected chi connectivity index (χ3v) is 11.2. The van der Waals surface area contributed by atoms with Crippen molar-refractivity contribution in [3.8, 4) is 0 Å². The Morgan fingerprint density at radius 3 is 1.95 bits per heavy atom. The number of phosphoric ester groups is 1. The number of aliphatic hydroxyl groups is 3. The number of nitrogens with two attached hydrogens (primary N) is 1. The van der Waals surface area contributed by atoms with E-state index in [0.29, 0.717) is 25.7 Å². The highest BCUT2D eigenvalue weighted by molar-refractivity contribution is 7.47. The Bertz CT molecular complexity index is 1330. The number of hydrogen-bond donors (Lipinski definition) is 5. The SMILES string of the molecule is CCCCC/C=C\C/C=C\C/C=C\C/C=C\C/C=C\CCC(=O)O[C@H](COC(=O)CCCCCC[C@@H]1[C@@H](/C=C/[C@@H](O)CCCCC)[C@H](O)C[C@@H]1O)COP(=O)(O)OCCN. The molecule has 0 aliphatic heterocycles. The molecule has 344 valence electrons. The summed E-state index contributed by atoms with van der Waals surface area (Å²) in [6.45, 7) is 3.26. The van der Waals surface area contributed by atoms with Gasteiger partial charge in [0.2, 0.25) is 0 Å². The molecule has 60 heavy (non-hydrogen) atoms. The predicted molar refractivity (Wildman–Crippen MR) is 240 cm³/mol. The zero-order valence-electron chi connectivity index (χ0n) is 36.7. The van der Waals surface area contributed by atoms with Gasteiger partial charge in [0.15, 0.2) is 6.10 Å². The van der Waals surface area contributed by atoms with E-state index in [1.54, 1.807) is 6.08 Å². The molecule has 0 heterocycles. The molecule has 1 rings (SSSR count). The van der Waals surface area contributed by atoms with E-state index in [-0.39, 0.29) is 44.4 Å². The Labute approximate surface area is 361 Å². The van der Waals surface area contributed by atoms with Crippen molar-refractivity contribution in [2.45, 2.75) is 173 Å². The lowest BCUT2D eigenvalue weighted by molar-refractivity contribution is -0.161. The van der Waals surface area contributed by atoms with Crippen LogP contribution in [0.15, 0.2) is 72.9 Å². The number of ether oxygens (including phenoxy) is 2. The molecule has 1 fully saturated rings. The average molecular weight is 866 g/mol. The van der Waals surface area contributed by atoms with Crippen LogP contribution >= 0.6 is 7.82 Å². The Morgan fingerprint density at radius 1 is 0.717 bits per heavy atom. The zero-order valence-corrected chi connectivity index (χ0v) is 37.6. The molecule has 0 aromatic carbocycles. The third kappa shape index (κ3) is 30.4. The van der Waals surface area contributed by atoms with E-state index in [1.165, 1.54) is 19.3 Å². The average Bonchev–Trinajstić information content (AvgIpc) is 3.49. The van der Waals surface area contributed by atoms with E-state index >= 15 is 0 Å². The van der Waals surface area contributed by atoms with Gasteiger partial charge in [-0.1, -0.05) is 138 Å². The molecule has 13 heteroatoms. The van der Waals surface area contributed by atoms with Crippen LogP contribution in [0.2, 0.25) is 0 Å². The van der Waals surface area contributed by atoms with Gasteiger partial charge < -0.3 is 35.4 Å². The first-order valence-corrected chi connectivity index (χ1v) is 24.2. The van der Waals surface area contributed by atoms with Crippen LogP contribution in [0.3, 0.4) is 0 Å². The van der Waals surface area contributed by atoms with Crippen molar-refractivity contribution in [1.82, 2.24) is 0 Å². The number of aliphatic hydroxyl groups excluding tert-OH is 3. The molecular formula is C47H80NO11P. The molecule has 1 aliphatic carbocycles. The second kappa shape index (κ2) is 36.9. The molecule has 1 aliphatic rings. The van der Waals surface area contributed by atoms with Gasteiger partial charge in [-0.05, 0) is 70.1 Å². The quantitative estimate of drug-likeness (QED) is 0.0172. The molecule has 0 bridgehead atoms. The van der Waals surface area contributed by atoms with Crippen molar-refractivity contribution in [3.63, 3.8) is 0 Å². The second-order valence-electron chi connectivity index (χ2n) is 15.5. The fourth-order valence-electron chi connectivity index (χ4n) is 6.77. The number of allylic oxidation sites excluding steroid dienone is 10. The molecule has 0 aromatic rings. The molecule has 0 saturated heterocycles. The highest BCUT2D eigenvalue weighted by Crippen LogP contribution is 2.43. The number of rotatable bonds is 37. The first-order chi connectivity index (χ1) is 29.0. The van der Waals surface area contributed by atoms with Crippen LogP contribution in [0.1, 0.15) is 149 Å². The Kier molecular flexibility index (Phi) is 34.1. The van der Waals surface area contributed by atoms with Gasteiger partial charge in [0, 0.05) is 31.7 Å². The van der Waals surface area contributed by atoms with Gasteiger partial charge >= 0.3 is 19.8 Å². The maximum atomic E-state index is 12.6. The second-order valence-corrected chi connectivity index (χ2v) is 17.0. The molecule has 12 nitrogen and oxygen atoms in total. The molecule has 0 aromatic heterocycles. The monoisotopic (exact) mass is 866 g/mol. The van der Waals surface area contributed by atoms with Crippen LogP contribution in [0.4, 0.5) is 0 Å². The van der Waals surface area contributed by atoms with Crippen molar-refractivity contribution >= 4 is 19.8 Å². The van der Waals surface area contributed by atoms with Gasteiger partial charge in [0.1, 0.15) is 6.61 Å². The largest absolute Gasteiger partial charge is 0.472 e. The van der Waals surface area contributed by atoms with Crippen LogP contribution in [0, 0.1) is 11.8 Å². The van der Waals surface area contributed by atoms with Crippen LogP contribution in [-0.4, -0.2) is 82.9 Å². The maximum absolute atomic E-state index is 12.6. The summed E-state index contributed by atoms with van der Waals surface area (Å²) in [5, 5.41) is 31.4. The smallest absolute Gasteiger partial charge is 0.462 e. The van der Waals surface area contributed by atoms with Gasteiger partial charge in [-0.15, -0.1) is 0 Å². The van der Waals surface area contributed by atoms with Crippen LogP contribution in [-0.2, 0) is 32.7 Å². The minimum atomic E-state index is -4.46. The molecular weight excluding hydrogens is 785 g/mol. The Balaban J connectivity index is 2.41. The minimum absolute atomic E-state index is 0.00759. The zero-order chi connectivity index (χ0) is 44.1. The van der Waals surface area contributed by atoms with E-state index in [2.05, 4.69) is 62.5 Å². The van der Waals surface area contributed by atoms with E-state index < -0.39 is 50.8 Å². The molecule has 0 spiro atoms. The van der Waals surface area contributed by atoms with Crippen molar-refractivity contribution in [1.29, 1.82) is 0 Å². The molecule has 6 N–H and O–H groups in total. The summed E-state index contributed by atoms with van der Waals surface area (Å²) in [4.78, 5) is 35.1. The van der Waals surface area contributed by atoms with Crippen LogP contribution < -0.4 is 5.73 Å². The first kappa shape index (κ1) is 55.3. The molecule has 1 saturated carbocycles. The minimum Gasteiger partial charge on any atom is -0.462 e. The fourth-order valence-corrected chi connectivity index (χ4v) is 7.54. The summed E-state index contributed by atoms with van der Waals surface area (Å²) in [7, 11) is -4.46. The predicted octanol–water partition coefficient (Wildman–Crippen LogP) is 9.43. The molecule has 7 atom stereocenters. The van der Waals surface area contributed by atoms with Gasteiger partial charge in [0.25, 0.3) is 0 Å². The lowest BCUT2D eigenvalue weighted by atomic mass is 9.88. The topological polar surface area (TPSA) is 195 Å². The lowest BCUT2D eigenvalue weighted by Gasteiger charge is -2.21. The lowest BCUT2D eigenvalue weighted by Crippen LogP contribution is -2.29. The summed E-state index contributed by atoms with van der Waals surface area (Å²) in [6.07, 6.45) is 38.7. The highest BCUT2D eigenvalue weighted by atomic mass is 31.2. The van der Waals surface area contributed by atoms with E-state index in [1.807, 2.05) is 18.2 Å². The number of hydrogen-bond acceptors (Lipinski definition) is 11. The standard InChI is InChI=1S/C47H80NO11P/c1-3-5-7-8-9-10-11-12-13-14-15-16-17-18-19-20-21-22-28-32-47(53)59-41(39-58-60(54,55)57-36-35-48)38-56-46(52)31-27-24-23-26-30-42-43(45(51)37-44(42)50)34-33-40(49)29-25-6-4-2/h9-10,12-13,15-16,18-19,21-22,33-34,40-45,49-51H,3-8,11,14,17,20,23-32,35-39,48H2,1-2H3,(H,54,55)/b10-9-,13-12-,16-15-,19-18-,22-21-,34-33+/t40-,41+,42+,43+,44-,45+/m0/s1. The first-order valence-electron chi connectivity index (χ1n) is 22.7. The van der Waals surface area contributed by atoms with E-state index in [4.69, 9.17) is 24.3 Å². The molecule has 1 unspecified atom stereocenters. The van der Waals surface area contributed by atoms with Gasteiger partial charge in [0.05, 0.1) is 31.5 Å². The third-order valence-electron chi connectivity index (χ3n) is 10.2. The fraction of sp³-hybridized carbons (Fsp3) is 0.702. The van der Waals surface area contributed by atoms with Crippen molar-refractivity contribution in [2.24, 2.45) is 17.6 Å². The number of esters is 2. The maximum Gasteiger partial charge on any atom is 0.472 e. The van der Waals surface area contributed by atoms with Gasteiger partial charge in [-0.3, -0.25) is 18.6 Å². The highest BCUT2D eigenvalue weighted by Gasteiger charge is 2.39. The van der Waals surface area contributed by atoms with E-state index in [0.717, 1.165) is 77.0 Å². The summed E-state index contributed by atoms with van der Waals surface area (Å²) >= 11 is 0. The van der Waals surface area contributed by atoms with Crippen molar-refractivity contribution in [2.75, 3.05) is 26.4 Å². The van der Waals surface area contributed by atoms with Crippen LogP contribution in [0.5, 0.6) is 0 Å². The Hall–Kier alpha value is -2.67. The van der Waals surface area contributed by atoms with Crippen LogP contribution in [0.25, 0.3) is 0 Å². The normalized spacial score (nSPS) is 20.7. The van der Waals surface area contributed by atoms with Gasteiger partial charge in [-0.2, -0.15) is 0 Å². The van der Waals surface area contributed by atoms with Crippen molar-refractivity contribution in [3.05, 3.63) is 72.9 Å². The number of carbonyl (C=O) groups is 2. The number of unbranched alkanes of at least 4 members (excludes halogenated alkanes) is 8. The summed E-state index contributed by atoms with van der Waals surface area (Å²) in [5.74, 6) is -1.36. The van der Waals surface area contributed by atoms with E-state index in [9.17, 15) is 34.4 Å². The molecule has 0 amide bonds. The summed E-state index contributed by atoms with van der Waals surface area (Å²) in [6, 6.07) is 0. The Morgan fingerprint density at radius 2 is 1.32 bits per heavy atom. The molecule has 0 radical (unpaired) electrons. The van der Waals surface area contributed by atoms with Gasteiger partial charge in [-0.25, -0.2) is 4.57 Å². The van der Waals surface area contributed by atoms with Crippen molar-refractivity contribution < 1.29 is 52.9 Å². The number of carbonyl (C=O) groups excluding carboxylic acids is 2. The number of phosphoric acid groups is 1.